The van der Waals surface area contributed by atoms with Gasteiger partial charge in [-0.1, -0.05) is 58.7 Å². The largest absolute Gasteiger partial charge is 0.352 e. The van der Waals surface area contributed by atoms with Gasteiger partial charge in [0.25, 0.3) is 0 Å². The Morgan fingerprint density at radius 3 is 2.27 bits per heavy atom. The second kappa shape index (κ2) is 12.4. The summed E-state index contributed by atoms with van der Waals surface area (Å²) in [6.07, 6.45) is 0.840. The summed E-state index contributed by atoms with van der Waals surface area (Å²) in [6, 6.07) is 14.9. The normalized spacial score (nSPS) is 12.8. The van der Waals surface area contributed by atoms with E-state index in [1.54, 1.807) is 35.7 Å². The van der Waals surface area contributed by atoms with Gasteiger partial charge >= 0.3 is 0 Å². The molecule has 2 aromatic rings. The highest BCUT2D eigenvalue weighted by atomic mass is 79.9. The molecule has 2 atom stereocenters. The van der Waals surface area contributed by atoms with Crippen LogP contribution in [0, 0.1) is 0 Å². The Bertz CT molecular complexity index is 830. The molecule has 162 valence electrons. The molecule has 0 bridgehead atoms. The Hall–Kier alpha value is -1.50. The molecule has 0 aliphatic heterocycles. The van der Waals surface area contributed by atoms with Crippen molar-refractivity contribution < 1.29 is 9.59 Å². The molecule has 0 fully saturated rings. The number of hydrogen-bond acceptors (Lipinski definition) is 3. The van der Waals surface area contributed by atoms with Crippen LogP contribution in [0.3, 0.4) is 0 Å². The molecular weight excluding hydrogens is 484 g/mol. The first kappa shape index (κ1) is 24.8. The summed E-state index contributed by atoms with van der Waals surface area (Å²) < 4.78 is 1.03. The summed E-state index contributed by atoms with van der Waals surface area (Å²) in [5, 5.41) is 3.62. The van der Waals surface area contributed by atoms with Crippen molar-refractivity contribution in [2.75, 3.05) is 5.75 Å². The van der Waals surface area contributed by atoms with Gasteiger partial charge in [-0.15, -0.1) is 11.8 Å². The van der Waals surface area contributed by atoms with Gasteiger partial charge < -0.3 is 10.2 Å². The van der Waals surface area contributed by atoms with E-state index in [0.29, 0.717) is 17.3 Å². The van der Waals surface area contributed by atoms with E-state index in [1.165, 1.54) is 0 Å². The molecule has 0 unspecified atom stereocenters. The summed E-state index contributed by atoms with van der Waals surface area (Å²) in [6.45, 7) is 6.13. The minimum Gasteiger partial charge on any atom is -0.352 e. The van der Waals surface area contributed by atoms with Crippen LogP contribution < -0.4 is 5.32 Å². The Balaban J connectivity index is 2.06. The van der Waals surface area contributed by atoms with E-state index in [2.05, 4.69) is 21.2 Å². The predicted molar refractivity (Wildman–Crippen MR) is 130 cm³/mol. The van der Waals surface area contributed by atoms with E-state index in [1.807, 2.05) is 50.2 Å². The number of carbonyl (C=O) groups is 2. The molecule has 7 heteroatoms. The number of thioether (sulfide) groups is 1. The van der Waals surface area contributed by atoms with Crippen LogP contribution in [0.5, 0.6) is 0 Å². The second-order valence-corrected chi connectivity index (χ2v) is 9.60. The van der Waals surface area contributed by atoms with Crippen LogP contribution in [0.4, 0.5) is 0 Å². The standard InChI is InChI=1S/C23H28BrClN2O2S/c1-4-16(2)26-23(29)17(3)27(13-18-7-11-21(25)12-8-18)22(28)15-30-14-19-5-9-20(24)10-6-19/h5-12,16-17H,4,13-15H2,1-3H3,(H,26,29)/t16-,17-/m0/s1. The first-order chi connectivity index (χ1) is 14.3. The molecule has 30 heavy (non-hydrogen) atoms. The van der Waals surface area contributed by atoms with Crippen LogP contribution in [0.2, 0.25) is 5.02 Å². The average molecular weight is 512 g/mol. The van der Waals surface area contributed by atoms with Crippen LogP contribution in [-0.4, -0.2) is 34.6 Å². The smallest absolute Gasteiger partial charge is 0.242 e. The van der Waals surface area contributed by atoms with Crippen molar-refractivity contribution in [3.63, 3.8) is 0 Å². The molecule has 0 heterocycles. The number of nitrogens with zero attached hydrogens (tertiary/aromatic N) is 1. The number of halogens is 2. The quantitative estimate of drug-likeness (QED) is 0.447. The fourth-order valence-electron chi connectivity index (χ4n) is 2.75. The van der Waals surface area contributed by atoms with Crippen LogP contribution in [0.1, 0.15) is 38.3 Å². The third-order valence-electron chi connectivity index (χ3n) is 4.84. The highest BCUT2D eigenvalue weighted by molar-refractivity contribution is 9.10. The van der Waals surface area contributed by atoms with Gasteiger partial charge in [-0.25, -0.2) is 0 Å². The minimum absolute atomic E-state index is 0.0566. The molecule has 0 aromatic heterocycles. The van der Waals surface area contributed by atoms with Gasteiger partial charge in [0, 0.05) is 27.8 Å². The Kier molecular flexibility index (Phi) is 10.2. The number of nitrogens with one attached hydrogen (secondary N) is 1. The SMILES string of the molecule is CC[C@H](C)NC(=O)[C@H](C)N(Cc1ccc(Cl)cc1)C(=O)CSCc1ccc(Br)cc1. The molecule has 0 spiro atoms. The lowest BCUT2D eigenvalue weighted by Gasteiger charge is -2.29. The van der Waals surface area contributed by atoms with Crippen molar-refractivity contribution in [2.24, 2.45) is 0 Å². The molecule has 0 radical (unpaired) electrons. The van der Waals surface area contributed by atoms with Crippen molar-refractivity contribution in [1.82, 2.24) is 10.2 Å². The second-order valence-electron chi connectivity index (χ2n) is 7.26. The fraction of sp³-hybridized carbons (Fsp3) is 0.391. The van der Waals surface area contributed by atoms with Gasteiger partial charge in [0.2, 0.25) is 11.8 Å². The topological polar surface area (TPSA) is 49.4 Å². The van der Waals surface area contributed by atoms with Gasteiger partial charge in [-0.3, -0.25) is 9.59 Å². The number of benzene rings is 2. The zero-order chi connectivity index (χ0) is 22.1. The third-order valence-corrected chi connectivity index (χ3v) is 6.61. The summed E-state index contributed by atoms with van der Waals surface area (Å²) in [5.41, 5.74) is 2.09. The summed E-state index contributed by atoms with van der Waals surface area (Å²) >= 11 is 11.0. The zero-order valence-electron chi connectivity index (χ0n) is 17.5. The van der Waals surface area contributed by atoms with E-state index in [0.717, 1.165) is 27.8 Å². The molecule has 0 saturated carbocycles. The van der Waals surface area contributed by atoms with Crippen molar-refractivity contribution in [3.05, 3.63) is 69.2 Å². The Morgan fingerprint density at radius 1 is 1.07 bits per heavy atom. The van der Waals surface area contributed by atoms with E-state index in [4.69, 9.17) is 11.6 Å². The molecule has 0 saturated heterocycles. The molecule has 2 amide bonds. The lowest BCUT2D eigenvalue weighted by Crippen LogP contribution is -2.50. The highest BCUT2D eigenvalue weighted by Crippen LogP contribution is 2.19. The van der Waals surface area contributed by atoms with Crippen LogP contribution in [0.25, 0.3) is 0 Å². The van der Waals surface area contributed by atoms with Gasteiger partial charge in [-0.2, -0.15) is 0 Å². The van der Waals surface area contributed by atoms with Crippen molar-refractivity contribution in [3.8, 4) is 0 Å². The average Bonchev–Trinajstić information content (AvgIpc) is 2.74. The van der Waals surface area contributed by atoms with Crippen molar-refractivity contribution in [1.29, 1.82) is 0 Å². The molecule has 2 rings (SSSR count). The zero-order valence-corrected chi connectivity index (χ0v) is 20.7. The number of hydrogen-bond donors (Lipinski definition) is 1. The van der Waals surface area contributed by atoms with Gasteiger partial charge in [0.15, 0.2) is 0 Å². The predicted octanol–water partition coefficient (Wildman–Crippen LogP) is 5.67. The van der Waals surface area contributed by atoms with E-state index < -0.39 is 6.04 Å². The molecule has 2 aromatic carbocycles. The van der Waals surface area contributed by atoms with E-state index >= 15 is 0 Å². The molecule has 1 N–H and O–H groups in total. The number of rotatable bonds is 10. The van der Waals surface area contributed by atoms with Gasteiger partial charge in [0.1, 0.15) is 6.04 Å². The molecule has 4 nitrogen and oxygen atoms in total. The minimum atomic E-state index is -0.560. The van der Waals surface area contributed by atoms with Gasteiger partial charge in [-0.05, 0) is 55.7 Å². The Morgan fingerprint density at radius 2 is 1.67 bits per heavy atom. The first-order valence-electron chi connectivity index (χ1n) is 9.96. The number of carbonyl (C=O) groups excluding carboxylic acids is 2. The van der Waals surface area contributed by atoms with E-state index in [-0.39, 0.29) is 17.9 Å². The van der Waals surface area contributed by atoms with Crippen LogP contribution in [-0.2, 0) is 21.9 Å². The van der Waals surface area contributed by atoms with Crippen molar-refractivity contribution in [2.45, 2.75) is 51.6 Å². The summed E-state index contributed by atoms with van der Waals surface area (Å²) in [5.74, 6) is 0.856. The molecular formula is C23H28BrClN2O2S. The fourth-order valence-corrected chi connectivity index (χ4v) is 4.02. The maximum absolute atomic E-state index is 13.1. The maximum Gasteiger partial charge on any atom is 0.242 e. The monoisotopic (exact) mass is 510 g/mol. The van der Waals surface area contributed by atoms with Crippen LogP contribution in [0.15, 0.2) is 53.0 Å². The number of amides is 2. The third kappa shape index (κ3) is 7.97. The molecule has 0 aliphatic carbocycles. The van der Waals surface area contributed by atoms with E-state index in [9.17, 15) is 9.59 Å². The van der Waals surface area contributed by atoms with Gasteiger partial charge in [0.05, 0.1) is 5.75 Å². The first-order valence-corrected chi connectivity index (χ1v) is 12.3. The summed E-state index contributed by atoms with van der Waals surface area (Å²) in [7, 11) is 0. The van der Waals surface area contributed by atoms with Crippen LogP contribution >= 0.6 is 39.3 Å². The highest BCUT2D eigenvalue weighted by Gasteiger charge is 2.26. The Labute approximate surface area is 196 Å². The van der Waals surface area contributed by atoms with Crippen molar-refractivity contribution >= 4 is 51.1 Å². The lowest BCUT2D eigenvalue weighted by atomic mass is 10.1. The summed E-state index contributed by atoms with van der Waals surface area (Å²) in [4.78, 5) is 27.4. The lowest BCUT2D eigenvalue weighted by molar-refractivity contribution is -0.138. The molecule has 0 aliphatic rings. The maximum atomic E-state index is 13.1.